The van der Waals surface area contributed by atoms with Crippen LogP contribution in [0.2, 0.25) is 0 Å². The van der Waals surface area contributed by atoms with Crippen molar-refractivity contribution in [2.45, 2.75) is 20.8 Å². The van der Waals surface area contributed by atoms with Gasteiger partial charge in [-0.15, -0.1) is 0 Å². The van der Waals surface area contributed by atoms with E-state index in [-0.39, 0.29) is 10.7 Å². The fourth-order valence-electron chi connectivity index (χ4n) is 3.87. The van der Waals surface area contributed by atoms with Crippen molar-refractivity contribution >= 4 is 46.9 Å². The van der Waals surface area contributed by atoms with Gasteiger partial charge in [-0.05, 0) is 92.2 Å². The van der Waals surface area contributed by atoms with E-state index in [9.17, 15) is 14.4 Å². The van der Waals surface area contributed by atoms with Crippen LogP contribution in [0, 0.1) is 20.8 Å². The van der Waals surface area contributed by atoms with E-state index in [0.29, 0.717) is 22.8 Å². The lowest BCUT2D eigenvalue weighted by Gasteiger charge is -2.29. The molecular formula is C26H22N2O5S. The molecule has 0 radical (unpaired) electrons. The van der Waals surface area contributed by atoms with Gasteiger partial charge in [0.15, 0.2) is 5.11 Å². The lowest BCUT2D eigenvalue weighted by atomic mass is 10.0. The molecule has 4 rings (SSSR count). The van der Waals surface area contributed by atoms with Crippen molar-refractivity contribution in [3.05, 3.63) is 82.1 Å². The van der Waals surface area contributed by atoms with Gasteiger partial charge in [-0.1, -0.05) is 12.1 Å². The molecule has 1 aliphatic heterocycles. The zero-order valence-corrected chi connectivity index (χ0v) is 19.9. The number of carbonyl (C=O) groups excluding carboxylic acids is 3. The van der Waals surface area contributed by atoms with E-state index < -0.39 is 17.8 Å². The summed E-state index contributed by atoms with van der Waals surface area (Å²) < 4.78 is 10.7. The van der Waals surface area contributed by atoms with Crippen molar-refractivity contribution in [1.29, 1.82) is 0 Å². The molecule has 0 aliphatic carbocycles. The van der Waals surface area contributed by atoms with Crippen LogP contribution in [-0.4, -0.2) is 30.0 Å². The van der Waals surface area contributed by atoms with Crippen LogP contribution in [0.5, 0.6) is 0 Å². The summed E-state index contributed by atoms with van der Waals surface area (Å²) in [6.45, 7) is 5.70. The number of thiocarbonyl (C=S) groups is 1. The third-order valence-corrected chi connectivity index (χ3v) is 5.68. The maximum Gasteiger partial charge on any atom is 0.337 e. The number of methoxy groups -OCH3 is 1. The monoisotopic (exact) mass is 474 g/mol. The van der Waals surface area contributed by atoms with Crippen molar-refractivity contribution in [3.8, 4) is 11.3 Å². The fourth-order valence-corrected chi connectivity index (χ4v) is 4.16. The van der Waals surface area contributed by atoms with Gasteiger partial charge in [0.2, 0.25) is 0 Å². The molecule has 2 heterocycles. The van der Waals surface area contributed by atoms with E-state index in [1.54, 1.807) is 30.3 Å². The number of aryl methyl sites for hydroxylation is 3. The van der Waals surface area contributed by atoms with Crippen molar-refractivity contribution < 1.29 is 23.5 Å². The molecule has 0 bridgehead atoms. The van der Waals surface area contributed by atoms with Gasteiger partial charge in [0.05, 0.1) is 18.4 Å². The van der Waals surface area contributed by atoms with Crippen LogP contribution in [0.3, 0.4) is 0 Å². The molecule has 8 heteroatoms. The molecule has 0 unspecified atom stereocenters. The quantitative estimate of drug-likeness (QED) is 0.259. The first-order valence-corrected chi connectivity index (χ1v) is 10.9. The molecule has 1 aromatic heterocycles. The number of benzene rings is 2. The minimum atomic E-state index is -0.591. The normalized spacial score (nSPS) is 15.0. The number of esters is 1. The summed E-state index contributed by atoms with van der Waals surface area (Å²) in [5.41, 5.74) is 4.45. The molecule has 3 aromatic rings. The molecule has 34 heavy (non-hydrogen) atoms. The van der Waals surface area contributed by atoms with Gasteiger partial charge >= 0.3 is 5.97 Å². The molecule has 1 aliphatic rings. The Bertz CT molecular complexity index is 1370. The van der Waals surface area contributed by atoms with E-state index in [2.05, 4.69) is 5.32 Å². The summed E-state index contributed by atoms with van der Waals surface area (Å²) in [5.74, 6) is -0.681. The van der Waals surface area contributed by atoms with Crippen LogP contribution in [0.25, 0.3) is 17.4 Å². The number of rotatable bonds is 4. The van der Waals surface area contributed by atoms with E-state index in [0.717, 1.165) is 22.3 Å². The van der Waals surface area contributed by atoms with Crippen LogP contribution in [0.4, 0.5) is 5.69 Å². The van der Waals surface area contributed by atoms with E-state index in [1.165, 1.54) is 18.1 Å². The second-order valence-corrected chi connectivity index (χ2v) is 8.41. The van der Waals surface area contributed by atoms with Gasteiger partial charge in [-0.2, -0.15) is 0 Å². The Labute approximate surface area is 202 Å². The molecular weight excluding hydrogens is 452 g/mol. The van der Waals surface area contributed by atoms with Crippen molar-refractivity contribution in [2.75, 3.05) is 12.0 Å². The number of hydrogen-bond acceptors (Lipinski definition) is 6. The zero-order chi connectivity index (χ0) is 24.6. The summed E-state index contributed by atoms with van der Waals surface area (Å²) in [4.78, 5) is 38.9. The van der Waals surface area contributed by atoms with Crippen LogP contribution < -0.4 is 10.2 Å². The highest BCUT2D eigenvalue weighted by atomic mass is 32.1. The highest BCUT2D eigenvalue weighted by Gasteiger charge is 2.35. The van der Waals surface area contributed by atoms with Crippen molar-refractivity contribution in [3.63, 3.8) is 0 Å². The molecule has 1 N–H and O–H groups in total. The Morgan fingerprint density at radius 2 is 1.74 bits per heavy atom. The first-order chi connectivity index (χ1) is 16.2. The average Bonchev–Trinajstić information content (AvgIpc) is 3.23. The molecule has 0 atom stereocenters. The predicted molar refractivity (Wildman–Crippen MR) is 132 cm³/mol. The maximum absolute atomic E-state index is 13.3. The van der Waals surface area contributed by atoms with Crippen LogP contribution >= 0.6 is 12.2 Å². The summed E-state index contributed by atoms with van der Waals surface area (Å²) in [7, 11) is 1.33. The van der Waals surface area contributed by atoms with E-state index in [4.69, 9.17) is 21.4 Å². The number of ether oxygens (including phenoxy) is 1. The Morgan fingerprint density at radius 3 is 2.38 bits per heavy atom. The third-order valence-electron chi connectivity index (χ3n) is 5.39. The Morgan fingerprint density at radius 1 is 1.03 bits per heavy atom. The number of furan rings is 1. The lowest BCUT2D eigenvalue weighted by Crippen LogP contribution is -2.54. The molecule has 2 aromatic carbocycles. The van der Waals surface area contributed by atoms with Crippen LogP contribution in [0.1, 0.15) is 32.8 Å². The van der Waals surface area contributed by atoms with E-state index in [1.807, 2.05) is 39.0 Å². The highest BCUT2D eigenvalue weighted by Crippen LogP contribution is 2.29. The Balaban J connectivity index is 1.66. The smallest absolute Gasteiger partial charge is 0.337 e. The van der Waals surface area contributed by atoms with Gasteiger partial charge in [0.1, 0.15) is 17.1 Å². The van der Waals surface area contributed by atoms with Crippen molar-refractivity contribution in [1.82, 2.24) is 5.32 Å². The summed E-state index contributed by atoms with van der Waals surface area (Å²) in [6.07, 6.45) is 1.40. The number of anilines is 1. The van der Waals surface area contributed by atoms with Gasteiger partial charge in [0.25, 0.3) is 11.8 Å². The maximum atomic E-state index is 13.3. The minimum absolute atomic E-state index is 0.0265. The summed E-state index contributed by atoms with van der Waals surface area (Å²) in [5, 5.41) is 2.61. The molecule has 7 nitrogen and oxygen atoms in total. The zero-order valence-electron chi connectivity index (χ0n) is 19.1. The number of hydrogen-bond donors (Lipinski definition) is 1. The minimum Gasteiger partial charge on any atom is -0.465 e. The first kappa shape index (κ1) is 23.1. The van der Waals surface area contributed by atoms with Crippen LogP contribution in [0.15, 0.2) is 58.5 Å². The molecule has 172 valence electrons. The lowest BCUT2D eigenvalue weighted by molar-refractivity contribution is -0.122. The SMILES string of the molecule is COC(=O)c1ccc(-c2ccc(C=C3C(=O)NC(=S)N(c4cc(C)cc(C)c4)C3=O)o2)c(C)c1. The van der Waals surface area contributed by atoms with Gasteiger partial charge in [-0.3, -0.25) is 19.8 Å². The highest BCUT2D eigenvalue weighted by molar-refractivity contribution is 7.80. The van der Waals surface area contributed by atoms with Crippen LogP contribution in [-0.2, 0) is 14.3 Å². The largest absolute Gasteiger partial charge is 0.465 e. The number of nitrogens with zero attached hydrogens (tertiary/aromatic N) is 1. The molecule has 2 amide bonds. The van der Waals surface area contributed by atoms with Crippen molar-refractivity contribution in [2.24, 2.45) is 0 Å². The Hall–Kier alpha value is -4.04. The standard InChI is InChI=1S/C26H22N2O5S/c1-14-9-15(2)11-18(10-14)28-24(30)21(23(29)27-26(28)34)13-19-6-8-22(33-19)20-7-5-17(12-16(20)3)25(31)32-4/h5-13H,1-4H3,(H,27,29,34). The first-order valence-electron chi connectivity index (χ1n) is 10.5. The fraction of sp³-hybridized carbons (Fsp3) is 0.154. The van der Waals surface area contributed by atoms with E-state index >= 15 is 0 Å². The number of amides is 2. The second kappa shape index (κ2) is 9.07. The second-order valence-electron chi connectivity index (χ2n) is 8.03. The topological polar surface area (TPSA) is 88.9 Å². The molecule has 1 saturated heterocycles. The number of carbonyl (C=O) groups is 3. The van der Waals surface area contributed by atoms with Gasteiger partial charge in [-0.25, -0.2) is 4.79 Å². The third kappa shape index (κ3) is 4.40. The summed E-state index contributed by atoms with van der Waals surface area (Å²) >= 11 is 5.28. The predicted octanol–water partition coefficient (Wildman–Crippen LogP) is 4.49. The Kier molecular flexibility index (Phi) is 6.17. The average molecular weight is 475 g/mol. The molecule has 0 saturated carbocycles. The summed E-state index contributed by atoms with van der Waals surface area (Å²) in [6, 6.07) is 14.2. The molecule has 1 fully saturated rings. The molecule has 0 spiro atoms. The number of nitrogens with one attached hydrogen (secondary N) is 1. The van der Waals surface area contributed by atoms with Gasteiger partial charge < -0.3 is 9.15 Å². The van der Waals surface area contributed by atoms with Gasteiger partial charge in [0, 0.05) is 5.56 Å².